The highest BCUT2D eigenvalue weighted by Gasteiger charge is 2.32. The van der Waals surface area contributed by atoms with Gasteiger partial charge in [-0.1, -0.05) is 6.92 Å². The van der Waals surface area contributed by atoms with Gasteiger partial charge in [-0.25, -0.2) is 8.42 Å². The van der Waals surface area contributed by atoms with Crippen LogP contribution in [0.3, 0.4) is 0 Å². The number of esters is 1. The Kier molecular flexibility index (Phi) is 5.66. The monoisotopic (exact) mass is 245 g/mol. The van der Waals surface area contributed by atoms with Crippen LogP contribution in [0.4, 0.5) is 8.78 Å². The Morgan fingerprint density at radius 3 is 2.33 bits per heavy atom. The van der Waals surface area contributed by atoms with E-state index in [2.05, 4.69) is 4.74 Å². The molecule has 0 aliphatic heterocycles. The number of rotatable bonds is 6. The second-order valence-corrected chi connectivity index (χ2v) is 4.62. The van der Waals surface area contributed by atoms with Crippen LogP contribution in [0, 0.1) is 0 Å². The molecule has 0 N–H and O–H groups in total. The van der Waals surface area contributed by atoms with Crippen LogP contribution in [0.25, 0.3) is 0 Å². The Labute approximate surface area is 87.1 Å². The summed E-state index contributed by atoms with van der Waals surface area (Å²) in [6.45, 7) is 0.796. The minimum Gasteiger partial charge on any atom is -0.468 e. The van der Waals surface area contributed by atoms with Gasteiger partial charge in [0, 0.05) is 6.54 Å². The molecule has 0 radical (unpaired) electrons. The molecule has 0 saturated heterocycles. The van der Waals surface area contributed by atoms with Crippen molar-refractivity contribution < 1.29 is 26.7 Å². The van der Waals surface area contributed by atoms with E-state index in [-0.39, 0.29) is 6.54 Å². The minimum atomic E-state index is -4.71. The smallest absolute Gasteiger partial charge is 0.350 e. The van der Waals surface area contributed by atoms with E-state index in [0.29, 0.717) is 10.7 Å². The number of carbonyl (C=O) groups excluding carboxylic acids is 1. The van der Waals surface area contributed by atoms with Gasteiger partial charge in [-0.2, -0.15) is 13.1 Å². The van der Waals surface area contributed by atoms with Crippen LogP contribution in [-0.4, -0.2) is 44.6 Å². The Bertz CT molecular complexity index is 304. The summed E-state index contributed by atoms with van der Waals surface area (Å²) in [4.78, 5) is 10.8. The van der Waals surface area contributed by atoms with Gasteiger partial charge in [0.05, 0.1) is 7.11 Å². The zero-order valence-corrected chi connectivity index (χ0v) is 9.26. The molecule has 15 heavy (non-hydrogen) atoms. The van der Waals surface area contributed by atoms with E-state index in [9.17, 15) is 22.0 Å². The molecular weight excluding hydrogens is 232 g/mol. The second-order valence-electron chi connectivity index (χ2n) is 2.72. The SMILES string of the molecule is CCCN(CC(=O)OC)S(=O)(=O)C(F)F. The minimum absolute atomic E-state index is 0.137. The number of carbonyl (C=O) groups is 1. The van der Waals surface area contributed by atoms with Gasteiger partial charge in [-0.15, -0.1) is 0 Å². The Hall–Kier alpha value is -0.760. The third-order valence-electron chi connectivity index (χ3n) is 1.59. The van der Waals surface area contributed by atoms with Crippen LogP contribution >= 0.6 is 0 Å². The first-order valence-corrected chi connectivity index (χ1v) is 5.70. The van der Waals surface area contributed by atoms with Crippen molar-refractivity contribution in [3.8, 4) is 0 Å². The lowest BCUT2D eigenvalue weighted by molar-refractivity contribution is -0.140. The molecule has 0 aromatic rings. The van der Waals surface area contributed by atoms with Crippen molar-refractivity contribution in [2.45, 2.75) is 19.1 Å². The van der Waals surface area contributed by atoms with Crippen molar-refractivity contribution in [3.05, 3.63) is 0 Å². The molecule has 0 amide bonds. The average molecular weight is 245 g/mol. The maximum Gasteiger partial charge on any atom is 0.350 e. The van der Waals surface area contributed by atoms with Gasteiger partial charge in [0.15, 0.2) is 0 Å². The van der Waals surface area contributed by atoms with Gasteiger partial charge in [0.25, 0.3) is 10.0 Å². The summed E-state index contributed by atoms with van der Waals surface area (Å²) in [5.74, 6) is -4.39. The van der Waals surface area contributed by atoms with E-state index in [0.717, 1.165) is 7.11 Å². The van der Waals surface area contributed by atoms with Gasteiger partial charge in [0.2, 0.25) is 0 Å². The fourth-order valence-electron chi connectivity index (χ4n) is 0.867. The van der Waals surface area contributed by atoms with Gasteiger partial charge >= 0.3 is 11.7 Å². The molecule has 0 rings (SSSR count). The van der Waals surface area contributed by atoms with Gasteiger partial charge < -0.3 is 4.74 Å². The molecule has 0 aliphatic rings. The van der Waals surface area contributed by atoms with Crippen LogP contribution in [0.1, 0.15) is 13.3 Å². The molecule has 0 unspecified atom stereocenters. The first-order valence-electron chi connectivity index (χ1n) is 4.20. The van der Waals surface area contributed by atoms with Crippen LogP contribution in [0.15, 0.2) is 0 Å². The Morgan fingerprint density at radius 2 is 2.00 bits per heavy atom. The van der Waals surface area contributed by atoms with Crippen molar-refractivity contribution in [1.29, 1.82) is 0 Å². The number of ether oxygens (including phenoxy) is 1. The normalized spacial score (nSPS) is 12.1. The Balaban J connectivity index is 4.74. The molecule has 0 aromatic heterocycles. The van der Waals surface area contributed by atoms with Gasteiger partial charge in [-0.05, 0) is 6.42 Å². The third kappa shape index (κ3) is 4.08. The van der Waals surface area contributed by atoms with Crippen LogP contribution in [0.5, 0.6) is 0 Å². The lowest BCUT2D eigenvalue weighted by Crippen LogP contribution is -2.39. The van der Waals surface area contributed by atoms with Crippen molar-refractivity contribution in [2.24, 2.45) is 0 Å². The van der Waals surface area contributed by atoms with Crippen molar-refractivity contribution >= 4 is 16.0 Å². The standard InChI is InChI=1S/C7H13F2NO4S/c1-3-4-10(5-6(11)14-2)15(12,13)7(8)9/h7H,3-5H2,1-2H3. The summed E-state index contributed by atoms with van der Waals surface area (Å²) in [5.41, 5.74) is 0. The number of sulfonamides is 1. The average Bonchev–Trinajstić information content (AvgIpc) is 2.16. The van der Waals surface area contributed by atoms with Gasteiger partial charge in [-0.3, -0.25) is 4.79 Å². The van der Waals surface area contributed by atoms with Crippen molar-refractivity contribution in [3.63, 3.8) is 0 Å². The summed E-state index contributed by atoms with van der Waals surface area (Å²) >= 11 is 0. The molecule has 0 saturated carbocycles. The molecule has 8 heteroatoms. The molecule has 0 fully saturated rings. The number of hydrogen-bond donors (Lipinski definition) is 0. The van der Waals surface area contributed by atoms with Crippen molar-refractivity contribution in [1.82, 2.24) is 4.31 Å². The fourth-order valence-corrected chi connectivity index (χ4v) is 1.81. The summed E-state index contributed by atoms with van der Waals surface area (Å²) < 4.78 is 51.0. The van der Waals surface area contributed by atoms with Crippen LogP contribution in [0.2, 0.25) is 0 Å². The molecule has 90 valence electrons. The second kappa shape index (κ2) is 5.96. The molecular formula is C7H13F2NO4S. The number of hydrogen-bond acceptors (Lipinski definition) is 4. The van der Waals surface area contributed by atoms with E-state index in [4.69, 9.17) is 0 Å². The largest absolute Gasteiger partial charge is 0.468 e. The molecule has 0 heterocycles. The molecule has 5 nitrogen and oxygen atoms in total. The highest BCUT2D eigenvalue weighted by molar-refractivity contribution is 7.89. The topological polar surface area (TPSA) is 63.7 Å². The molecule has 0 atom stereocenters. The number of alkyl halides is 2. The third-order valence-corrected chi connectivity index (χ3v) is 3.07. The van der Waals surface area contributed by atoms with Gasteiger partial charge in [0.1, 0.15) is 6.54 Å². The predicted octanol–water partition coefficient (Wildman–Crippen LogP) is 0.424. The number of nitrogens with zero attached hydrogens (tertiary/aromatic N) is 1. The summed E-state index contributed by atoms with van der Waals surface area (Å²) in [6, 6.07) is 0. The maximum atomic E-state index is 12.2. The summed E-state index contributed by atoms with van der Waals surface area (Å²) in [5, 5.41) is 0. The summed E-state index contributed by atoms with van der Waals surface area (Å²) in [6.07, 6.45) is 0.336. The predicted molar refractivity (Wildman–Crippen MR) is 48.8 cm³/mol. The molecule has 0 bridgehead atoms. The Morgan fingerprint density at radius 1 is 1.47 bits per heavy atom. The van der Waals surface area contributed by atoms with E-state index in [1.807, 2.05) is 0 Å². The van der Waals surface area contributed by atoms with Crippen LogP contribution < -0.4 is 0 Å². The first kappa shape index (κ1) is 14.2. The quantitative estimate of drug-likeness (QED) is 0.636. The summed E-state index contributed by atoms with van der Waals surface area (Å²) in [7, 11) is -3.65. The number of halogens is 2. The first-order chi connectivity index (χ1) is 6.86. The molecule has 0 aliphatic carbocycles. The highest BCUT2D eigenvalue weighted by Crippen LogP contribution is 2.12. The fraction of sp³-hybridized carbons (Fsp3) is 0.857. The van der Waals surface area contributed by atoms with E-state index >= 15 is 0 Å². The lowest BCUT2D eigenvalue weighted by atomic mass is 10.5. The highest BCUT2D eigenvalue weighted by atomic mass is 32.2. The number of methoxy groups -OCH3 is 1. The molecule has 0 spiro atoms. The zero-order chi connectivity index (χ0) is 12.1. The lowest BCUT2D eigenvalue weighted by Gasteiger charge is -2.19. The van der Waals surface area contributed by atoms with Crippen LogP contribution in [-0.2, 0) is 19.6 Å². The van der Waals surface area contributed by atoms with E-state index in [1.54, 1.807) is 6.92 Å². The van der Waals surface area contributed by atoms with Crippen molar-refractivity contribution in [2.75, 3.05) is 20.2 Å². The maximum absolute atomic E-state index is 12.2. The zero-order valence-electron chi connectivity index (χ0n) is 8.44. The van der Waals surface area contributed by atoms with E-state index in [1.165, 1.54) is 0 Å². The van der Waals surface area contributed by atoms with E-state index < -0.39 is 28.3 Å². The molecule has 0 aromatic carbocycles.